The summed E-state index contributed by atoms with van der Waals surface area (Å²) in [5.41, 5.74) is 2.97. The molecule has 0 spiro atoms. The van der Waals surface area contributed by atoms with Crippen LogP contribution in [-0.2, 0) is 16.0 Å². The van der Waals surface area contributed by atoms with Crippen molar-refractivity contribution >= 4 is 23.2 Å². The van der Waals surface area contributed by atoms with Crippen LogP contribution in [0.4, 0.5) is 11.4 Å². The van der Waals surface area contributed by atoms with Gasteiger partial charge in [0.2, 0.25) is 11.8 Å². The molecule has 1 saturated carbocycles. The van der Waals surface area contributed by atoms with Crippen LogP contribution in [-0.4, -0.2) is 18.4 Å². The highest BCUT2D eigenvalue weighted by atomic mass is 16.2. The third-order valence-corrected chi connectivity index (χ3v) is 3.93. The van der Waals surface area contributed by atoms with E-state index in [9.17, 15) is 9.59 Å². The van der Waals surface area contributed by atoms with Crippen LogP contribution >= 0.6 is 0 Å². The summed E-state index contributed by atoms with van der Waals surface area (Å²) >= 11 is 0. The van der Waals surface area contributed by atoms with Gasteiger partial charge in [-0.05, 0) is 43.4 Å². The predicted octanol–water partition coefficient (Wildman–Crippen LogP) is 2.72. The Balaban J connectivity index is 1.78. The van der Waals surface area contributed by atoms with Gasteiger partial charge in [0.05, 0.1) is 0 Å². The monoisotopic (exact) mass is 272 g/mol. The van der Waals surface area contributed by atoms with Gasteiger partial charge in [-0.3, -0.25) is 9.59 Å². The summed E-state index contributed by atoms with van der Waals surface area (Å²) < 4.78 is 0. The second-order valence-electron chi connectivity index (χ2n) is 5.66. The lowest BCUT2D eigenvalue weighted by molar-refractivity contribution is -0.119. The maximum atomic E-state index is 12.2. The van der Waals surface area contributed by atoms with Crippen molar-refractivity contribution in [1.82, 2.24) is 0 Å². The maximum absolute atomic E-state index is 12.2. The smallest absolute Gasteiger partial charge is 0.230 e. The number of rotatable bonds is 4. The van der Waals surface area contributed by atoms with Crippen molar-refractivity contribution in [2.75, 3.05) is 16.8 Å². The number of nitrogens with one attached hydrogen (secondary N) is 1. The van der Waals surface area contributed by atoms with E-state index in [2.05, 4.69) is 5.32 Å². The van der Waals surface area contributed by atoms with Crippen LogP contribution in [0.1, 0.15) is 38.2 Å². The number of hydrogen-bond donors (Lipinski definition) is 1. The number of benzene rings is 1. The molecule has 4 heteroatoms. The molecule has 2 amide bonds. The van der Waals surface area contributed by atoms with E-state index in [0.717, 1.165) is 43.6 Å². The topological polar surface area (TPSA) is 49.4 Å². The van der Waals surface area contributed by atoms with E-state index in [1.54, 1.807) is 0 Å². The Bertz CT molecular complexity index is 549. The average molecular weight is 272 g/mol. The highest BCUT2D eigenvalue weighted by molar-refractivity contribution is 5.99. The Kier molecular flexibility index (Phi) is 3.47. The number of fused-ring (bicyclic) bond motifs is 1. The lowest BCUT2D eigenvalue weighted by Gasteiger charge is -2.18. The molecule has 1 N–H and O–H groups in total. The van der Waals surface area contributed by atoms with Gasteiger partial charge in [0.15, 0.2) is 0 Å². The van der Waals surface area contributed by atoms with Crippen LogP contribution < -0.4 is 10.2 Å². The fourth-order valence-corrected chi connectivity index (χ4v) is 2.69. The average Bonchev–Trinajstić information content (AvgIpc) is 3.19. The van der Waals surface area contributed by atoms with Gasteiger partial charge in [-0.1, -0.05) is 13.0 Å². The van der Waals surface area contributed by atoms with Crippen molar-refractivity contribution in [3.8, 4) is 0 Å². The van der Waals surface area contributed by atoms with Gasteiger partial charge in [-0.25, -0.2) is 0 Å². The first-order valence-electron chi connectivity index (χ1n) is 7.43. The molecule has 1 aromatic carbocycles. The third kappa shape index (κ3) is 2.55. The molecule has 0 aromatic heterocycles. The molecule has 1 heterocycles. The Hall–Kier alpha value is -1.84. The SMILES string of the molecule is CCCC(=O)Nc1ccc2c(c1)N(C(=O)C1CC1)CC2. The van der Waals surface area contributed by atoms with E-state index in [4.69, 9.17) is 0 Å². The van der Waals surface area contributed by atoms with Gasteiger partial charge >= 0.3 is 0 Å². The summed E-state index contributed by atoms with van der Waals surface area (Å²) in [6.07, 6.45) is 4.33. The molecule has 106 valence electrons. The van der Waals surface area contributed by atoms with Gasteiger partial charge in [-0.15, -0.1) is 0 Å². The Morgan fingerprint density at radius 1 is 1.35 bits per heavy atom. The number of anilines is 2. The zero-order valence-corrected chi connectivity index (χ0v) is 11.8. The largest absolute Gasteiger partial charge is 0.326 e. The molecule has 3 rings (SSSR count). The zero-order chi connectivity index (χ0) is 14.1. The molecular weight excluding hydrogens is 252 g/mol. The first-order valence-corrected chi connectivity index (χ1v) is 7.43. The van der Waals surface area contributed by atoms with Crippen molar-refractivity contribution < 1.29 is 9.59 Å². The van der Waals surface area contributed by atoms with Crippen molar-refractivity contribution in [2.24, 2.45) is 5.92 Å². The minimum absolute atomic E-state index is 0.0329. The molecule has 0 unspecified atom stereocenters. The van der Waals surface area contributed by atoms with Crippen molar-refractivity contribution in [2.45, 2.75) is 39.0 Å². The van der Waals surface area contributed by atoms with Crippen LogP contribution in [0.15, 0.2) is 18.2 Å². The summed E-state index contributed by atoms with van der Waals surface area (Å²) in [6.45, 7) is 2.76. The second kappa shape index (κ2) is 5.27. The number of nitrogens with zero attached hydrogens (tertiary/aromatic N) is 1. The Labute approximate surface area is 119 Å². The fraction of sp³-hybridized carbons (Fsp3) is 0.500. The van der Waals surface area contributed by atoms with Crippen LogP contribution in [0.5, 0.6) is 0 Å². The summed E-state index contributed by atoms with van der Waals surface area (Å²) in [5, 5.41) is 2.90. The molecule has 0 saturated heterocycles. The molecule has 1 aromatic rings. The third-order valence-electron chi connectivity index (χ3n) is 3.93. The van der Waals surface area contributed by atoms with E-state index in [-0.39, 0.29) is 17.7 Å². The Morgan fingerprint density at radius 2 is 2.15 bits per heavy atom. The predicted molar refractivity (Wildman–Crippen MR) is 78.8 cm³/mol. The van der Waals surface area contributed by atoms with Gasteiger partial charge < -0.3 is 10.2 Å². The molecule has 1 aliphatic carbocycles. The highest BCUT2D eigenvalue weighted by Crippen LogP contribution is 2.37. The van der Waals surface area contributed by atoms with Crippen molar-refractivity contribution in [1.29, 1.82) is 0 Å². The first-order chi connectivity index (χ1) is 9.69. The number of hydrogen-bond acceptors (Lipinski definition) is 2. The van der Waals surface area contributed by atoms with Gasteiger partial charge in [0, 0.05) is 30.3 Å². The summed E-state index contributed by atoms with van der Waals surface area (Å²) in [7, 11) is 0. The lowest BCUT2D eigenvalue weighted by Crippen LogP contribution is -2.30. The number of carbonyl (C=O) groups excluding carboxylic acids is 2. The second-order valence-corrected chi connectivity index (χ2v) is 5.66. The summed E-state index contributed by atoms with van der Waals surface area (Å²) in [4.78, 5) is 25.8. The van der Waals surface area contributed by atoms with Gasteiger partial charge in [0.25, 0.3) is 0 Å². The molecule has 2 aliphatic rings. The quantitative estimate of drug-likeness (QED) is 0.916. The zero-order valence-electron chi connectivity index (χ0n) is 11.8. The molecule has 1 aliphatic heterocycles. The molecule has 4 nitrogen and oxygen atoms in total. The molecule has 0 atom stereocenters. The van der Waals surface area contributed by atoms with Crippen molar-refractivity contribution in [3.63, 3.8) is 0 Å². The molecule has 0 radical (unpaired) electrons. The minimum Gasteiger partial charge on any atom is -0.326 e. The summed E-state index contributed by atoms with van der Waals surface area (Å²) in [6, 6.07) is 5.89. The lowest BCUT2D eigenvalue weighted by atomic mass is 10.1. The maximum Gasteiger partial charge on any atom is 0.230 e. The van der Waals surface area contributed by atoms with Crippen LogP contribution in [0.3, 0.4) is 0 Å². The molecule has 1 fully saturated rings. The van der Waals surface area contributed by atoms with E-state index < -0.39 is 0 Å². The first kappa shape index (κ1) is 13.2. The highest BCUT2D eigenvalue weighted by Gasteiger charge is 2.36. The minimum atomic E-state index is 0.0329. The van der Waals surface area contributed by atoms with Crippen molar-refractivity contribution in [3.05, 3.63) is 23.8 Å². The molecular formula is C16H20N2O2. The Morgan fingerprint density at radius 3 is 2.85 bits per heavy atom. The fourth-order valence-electron chi connectivity index (χ4n) is 2.69. The van der Waals surface area contributed by atoms with Gasteiger partial charge in [0.1, 0.15) is 0 Å². The summed E-state index contributed by atoms with van der Waals surface area (Å²) in [5.74, 6) is 0.519. The molecule has 20 heavy (non-hydrogen) atoms. The number of carbonyl (C=O) groups is 2. The van der Waals surface area contributed by atoms with Crippen LogP contribution in [0.2, 0.25) is 0 Å². The normalized spacial score (nSPS) is 16.9. The van der Waals surface area contributed by atoms with Gasteiger partial charge in [-0.2, -0.15) is 0 Å². The van der Waals surface area contributed by atoms with Crippen LogP contribution in [0.25, 0.3) is 0 Å². The van der Waals surface area contributed by atoms with E-state index >= 15 is 0 Å². The number of amides is 2. The van der Waals surface area contributed by atoms with Crippen LogP contribution in [0, 0.1) is 5.92 Å². The van der Waals surface area contributed by atoms with E-state index in [0.29, 0.717) is 6.42 Å². The molecule has 0 bridgehead atoms. The standard InChI is InChI=1S/C16H20N2O2/c1-2-3-15(19)17-13-7-6-11-8-9-18(14(11)10-13)16(20)12-4-5-12/h6-7,10,12H,2-5,8-9H2,1H3,(H,17,19). The van der Waals surface area contributed by atoms with E-state index in [1.807, 2.05) is 30.0 Å². The van der Waals surface area contributed by atoms with E-state index in [1.165, 1.54) is 5.56 Å².